The van der Waals surface area contributed by atoms with Crippen LogP contribution in [0, 0.1) is 17.3 Å². The molecule has 5 atom stereocenters. The first kappa shape index (κ1) is 29.6. The number of hydrogen-bond donors (Lipinski definition) is 1. The molecule has 0 spiro atoms. The number of rotatable bonds is 11. The van der Waals surface area contributed by atoms with Gasteiger partial charge in [0.25, 0.3) is 0 Å². The second-order valence-corrected chi connectivity index (χ2v) is 12.3. The Kier molecular flexibility index (Phi) is 10.2. The number of nitrogens with one attached hydrogen (secondary N) is 1. The molecular formula is C31H51N3O3. The normalized spacial score (nSPS) is 28.0. The van der Waals surface area contributed by atoms with E-state index in [1.165, 1.54) is 5.56 Å². The highest BCUT2D eigenvalue weighted by molar-refractivity contribution is 5.89. The second-order valence-electron chi connectivity index (χ2n) is 12.3. The van der Waals surface area contributed by atoms with Crippen LogP contribution in [0.4, 0.5) is 0 Å². The molecule has 0 aliphatic carbocycles. The van der Waals surface area contributed by atoms with Crippen LogP contribution in [0.25, 0.3) is 0 Å². The SMILES string of the molecule is CCCO[C@H]1CN(CCc2ccccc2)C[C@@]2(C)N(C(=O)[C@@H](NC(=O)[C@H](C)CC)C(C)C)CC[C@@]2(C)C1. The molecule has 2 heterocycles. The lowest BCUT2D eigenvalue weighted by molar-refractivity contribution is -0.144. The van der Waals surface area contributed by atoms with Gasteiger partial charge in [0.2, 0.25) is 11.8 Å². The van der Waals surface area contributed by atoms with Crippen LogP contribution in [0.5, 0.6) is 0 Å². The lowest BCUT2D eigenvalue weighted by atomic mass is 9.69. The fourth-order valence-corrected chi connectivity index (χ4v) is 6.17. The number of amides is 2. The van der Waals surface area contributed by atoms with E-state index in [1.54, 1.807) is 0 Å². The number of likely N-dealkylation sites (tertiary alicyclic amines) is 2. The molecule has 2 amide bonds. The third kappa shape index (κ3) is 6.75. The average molecular weight is 514 g/mol. The van der Waals surface area contributed by atoms with Gasteiger partial charge in [0.05, 0.1) is 11.6 Å². The van der Waals surface area contributed by atoms with Gasteiger partial charge in [0.1, 0.15) is 6.04 Å². The summed E-state index contributed by atoms with van der Waals surface area (Å²) in [6, 6.07) is 10.1. The van der Waals surface area contributed by atoms with Gasteiger partial charge in [-0.2, -0.15) is 0 Å². The maximum atomic E-state index is 14.1. The third-order valence-corrected chi connectivity index (χ3v) is 9.13. The maximum Gasteiger partial charge on any atom is 0.245 e. The number of benzene rings is 1. The van der Waals surface area contributed by atoms with Crippen LogP contribution in [0.15, 0.2) is 30.3 Å². The second kappa shape index (κ2) is 12.8. The molecule has 3 rings (SSSR count). The first-order chi connectivity index (χ1) is 17.5. The van der Waals surface area contributed by atoms with Crippen molar-refractivity contribution >= 4 is 11.8 Å². The first-order valence-corrected chi connectivity index (χ1v) is 14.5. The van der Waals surface area contributed by atoms with Crippen molar-refractivity contribution in [2.75, 3.05) is 32.8 Å². The zero-order valence-corrected chi connectivity index (χ0v) is 24.4. The van der Waals surface area contributed by atoms with Gasteiger partial charge >= 0.3 is 0 Å². The highest BCUT2D eigenvalue weighted by Crippen LogP contribution is 2.51. The predicted molar refractivity (Wildman–Crippen MR) is 150 cm³/mol. The molecule has 2 saturated heterocycles. The molecule has 1 aromatic rings. The molecule has 0 unspecified atom stereocenters. The number of carbonyl (C=O) groups is 2. The lowest BCUT2D eigenvalue weighted by Crippen LogP contribution is -2.62. The van der Waals surface area contributed by atoms with Crippen molar-refractivity contribution in [3.63, 3.8) is 0 Å². The quantitative estimate of drug-likeness (QED) is 0.457. The molecule has 0 bridgehead atoms. The van der Waals surface area contributed by atoms with Gasteiger partial charge in [-0.25, -0.2) is 0 Å². The van der Waals surface area contributed by atoms with Gasteiger partial charge < -0.3 is 15.0 Å². The molecule has 1 N–H and O–H groups in total. The van der Waals surface area contributed by atoms with E-state index in [2.05, 4.69) is 66.2 Å². The molecule has 6 nitrogen and oxygen atoms in total. The number of carbonyl (C=O) groups excluding carboxylic acids is 2. The van der Waals surface area contributed by atoms with Crippen LogP contribution in [-0.4, -0.2) is 72.1 Å². The minimum absolute atomic E-state index is 0.0246. The highest BCUT2D eigenvalue weighted by Gasteiger charge is 2.58. The van der Waals surface area contributed by atoms with Crippen LogP contribution < -0.4 is 5.32 Å². The number of ether oxygens (including phenoxy) is 1. The summed E-state index contributed by atoms with van der Waals surface area (Å²) in [5.41, 5.74) is 0.946. The topological polar surface area (TPSA) is 61.9 Å². The standard InChI is InChI=1S/C31H51N3O3/c1-8-19-37-26-20-30(6)16-18-34(29(36)27(23(3)4)32-28(35)24(5)9-2)31(30,7)22-33(21-26)17-15-25-13-11-10-12-14-25/h10-14,23-24,26-27H,8-9,15-22H2,1-7H3,(H,32,35)/t24-,26-,27+,30+,31-/m1/s1. The van der Waals surface area contributed by atoms with Crippen molar-refractivity contribution in [2.24, 2.45) is 17.3 Å². The summed E-state index contributed by atoms with van der Waals surface area (Å²) in [5, 5.41) is 3.11. The van der Waals surface area contributed by atoms with Crippen molar-refractivity contribution in [1.29, 1.82) is 0 Å². The van der Waals surface area contributed by atoms with Crippen molar-refractivity contribution < 1.29 is 14.3 Å². The van der Waals surface area contributed by atoms with E-state index in [1.807, 2.05) is 27.7 Å². The molecule has 208 valence electrons. The summed E-state index contributed by atoms with van der Waals surface area (Å²) in [6.07, 6.45) is 4.80. The molecule has 2 aliphatic heterocycles. The molecular weight excluding hydrogens is 462 g/mol. The maximum absolute atomic E-state index is 14.1. The third-order valence-electron chi connectivity index (χ3n) is 9.13. The van der Waals surface area contributed by atoms with Crippen LogP contribution in [0.3, 0.4) is 0 Å². The Labute approximate surface area is 225 Å². The Balaban J connectivity index is 1.87. The number of nitrogens with zero attached hydrogens (tertiary/aromatic N) is 2. The van der Waals surface area contributed by atoms with Crippen LogP contribution >= 0.6 is 0 Å². The van der Waals surface area contributed by atoms with Crippen molar-refractivity contribution in [3.05, 3.63) is 35.9 Å². The molecule has 37 heavy (non-hydrogen) atoms. The fourth-order valence-electron chi connectivity index (χ4n) is 6.17. The predicted octanol–water partition coefficient (Wildman–Crippen LogP) is 4.91. The Morgan fingerprint density at radius 1 is 1.14 bits per heavy atom. The summed E-state index contributed by atoms with van der Waals surface area (Å²) in [7, 11) is 0. The largest absolute Gasteiger partial charge is 0.377 e. The molecule has 2 aliphatic rings. The minimum atomic E-state index is -0.506. The van der Waals surface area contributed by atoms with E-state index in [4.69, 9.17) is 4.74 Å². The smallest absolute Gasteiger partial charge is 0.245 e. The zero-order chi connectivity index (χ0) is 27.2. The zero-order valence-electron chi connectivity index (χ0n) is 24.4. The Bertz CT molecular complexity index is 891. The Morgan fingerprint density at radius 3 is 2.46 bits per heavy atom. The Morgan fingerprint density at radius 2 is 1.84 bits per heavy atom. The highest BCUT2D eigenvalue weighted by atomic mass is 16.5. The lowest BCUT2D eigenvalue weighted by Gasteiger charge is -2.47. The van der Waals surface area contributed by atoms with Gasteiger partial charge in [-0.3, -0.25) is 14.5 Å². The Hall–Kier alpha value is -1.92. The molecule has 0 saturated carbocycles. The first-order valence-electron chi connectivity index (χ1n) is 14.5. The van der Waals surface area contributed by atoms with Gasteiger partial charge in [-0.1, -0.05) is 71.9 Å². The van der Waals surface area contributed by atoms with Crippen molar-refractivity contribution in [2.45, 2.75) is 98.3 Å². The summed E-state index contributed by atoms with van der Waals surface area (Å²) in [4.78, 5) is 31.6. The van der Waals surface area contributed by atoms with Crippen molar-refractivity contribution in [3.8, 4) is 0 Å². The van der Waals surface area contributed by atoms with Crippen molar-refractivity contribution in [1.82, 2.24) is 15.1 Å². The van der Waals surface area contributed by atoms with Gasteiger partial charge in [0, 0.05) is 38.7 Å². The van der Waals surface area contributed by atoms with E-state index in [0.29, 0.717) is 0 Å². The van der Waals surface area contributed by atoms with Crippen LogP contribution in [0.2, 0.25) is 0 Å². The summed E-state index contributed by atoms with van der Waals surface area (Å²) >= 11 is 0. The van der Waals surface area contributed by atoms with Crippen LogP contribution in [-0.2, 0) is 20.7 Å². The molecule has 1 aromatic carbocycles. The average Bonchev–Trinajstić information content (AvgIpc) is 3.06. The van der Waals surface area contributed by atoms with Crippen LogP contribution in [0.1, 0.15) is 79.7 Å². The van der Waals surface area contributed by atoms with Gasteiger partial charge in [-0.05, 0) is 55.9 Å². The summed E-state index contributed by atoms with van der Waals surface area (Å²) in [5.74, 6) is -0.0401. The number of hydrogen-bond acceptors (Lipinski definition) is 4. The summed E-state index contributed by atoms with van der Waals surface area (Å²) < 4.78 is 6.38. The fraction of sp³-hybridized carbons (Fsp3) is 0.742. The van der Waals surface area contributed by atoms with E-state index < -0.39 is 6.04 Å². The molecule has 0 aromatic heterocycles. The van der Waals surface area contributed by atoms with Gasteiger partial charge in [-0.15, -0.1) is 0 Å². The molecule has 0 radical (unpaired) electrons. The minimum Gasteiger partial charge on any atom is -0.377 e. The monoisotopic (exact) mass is 513 g/mol. The number of fused-ring (bicyclic) bond motifs is 1. The molecule has 2 fully saturated rings. The van der Waals surface area contributed by atoms with Gasteiger partial charge in [0.15, 0.2) is 0 Å². The van der Waals surface area contributed by atoms with E-state index in [9.17, 15) is 9.59 Å². The summed E-state index contributed by atoms with van der Waals surface area (Å²) in [6.45, 7) is 18.9. The van der Waals surface area contributed by atoms with E-state index in [-0.39, 0.29) is 40.7 Å². The molecule has 6 heteroatoms. The van der Waals surface area contributed by atoms with E-state index in [0.717, 1.165) is 64.9 Å². The van der Waals surface area contributed by atoms with E-state index >= 15 is 0 Å².